The number of hydrogen-bond acceptors (Lipinski definition) is 2. The number of carboxylic acid groups (broad SMARTS) is 1. The van der Waals surface area contributed by atoms with Crippen LogP contribution >= 0.6 is 0 Å². The van der Waals surface area contributed by atoms with Crippen LogP contribution in [-0.4, -0.2) is 22.5 Å². The number of hydrogen-bond donors (Lipinski definition) is 2. The molecule has 4 nitrogen and oxygen atoms in total. The second-order valence-corrected chi connectivity index (χ2v) is 5.56. The zero-order valence-corrected chi connectivity index (χ0v) is 11.5. The summed E-state index contributed by atoms with van der Waals surface area (Å²) in [4.78, 5) is 23.5. The van der Waals surface area contributed by atoms with Gasteiger partial charge < -0.3 is 10.4 Å². The smallest absolute Gasteiger partial charge is 0.329 e. The molecule has 0 aromatic heterocycles. The normalized spacial score (nSPS) is 20.8. The molecule has 1 fully saturated rings. The maximum atomic E-state index is 12.2. The van der Waals surface area contributed by atoms with Gasteiger partial charge in [-0.3, -0.25) is 4.79 Å². The van der Waals surface area contributed by atoms with Gasteiger partial charge in [0.1, 0.15) is 5.54 Å². The topological polar surface area (TPSA) is 66.4 Å². The van der Waals surface area contributed by atoms with E-state index in [1.54, 1.807) is 6.92 Å². The molecular formula is C14H25NO3. The number of aliphatic carboxylic acids is 1. The zero-order chi connectivity index (χ0) is 13.6. The number of rotatable bonds is 5. The summed E-state index contributed by atoms with van der Waals surface area (Å²) in [5, 5.41) is 12.0. The lowest BCUT2D eigenvalue weighted by Crippen LogP contribution is -2.53. The second kappa shape index (κ2) is 6.76. The molecule has 0 aliphatic heterocycles. The van der Waals surface area contributed by atoms with E-state index in [4.69, 9.17) is 0 Å². The highest BCUT2D eigenvalue weighted by Crippen LogP contribution is 2.24. The summed E-state index contributed by atoms with van der Waals surface area (Å²) in [6, 6.07) is 0. The molecule has 0 radical (unpaired) electrons. The lowest BCUT2D eigenvalue weighted by Gasteiger charge is -2.28. The maximum absolute atomic E-state index is 12.2. The van der Waals surface area contributed by atoms with Gasteiger partial charge in [-0.2, -0.15) is 0 Å². The Morgan fingerprint density at radius 1 is 1.22 bits per heavy atom. The van der Waals surface area contributed by atoms with Gasteiger partial charge in [-0.25, -0.2) is 4.79 Å². The Labute approximate surface area is 109 Å². The van der Waals surface area contributed by atoms with Crippen LogP contribution in [0.1, 0.15) is 65.2 Å². The van der Waals surface area contributed by atoms with Gasteiger partial charge >= 0.3 is 5.97 Å². The Kier molecular flexibility index (Phi) is 5.63. The fourth-order valence-electron chi connectivity index (χ4n) is 2.64. The molecule has 0 bridgehead atoms. The summed E-state index contributed by atoms with van der Waals surface area (Å²) in [5.74, 6) is -1.01. The molecule has 0 aromatic rings. The summed E-state index contributed by atoms with van der Waals surface area (Å²) >= 11 is 0. The first kappa shape index (κ1) is 15.0. The minimum atomic E-state index is -1.11. The zero-order valence-electron chi connectivity index (χ0n) is 11.5. The fraction of sp³-hybridized carbons (Fsp3) is 0.857. The summed E-state index contributed by atoms with van der Waals surface area (Å²) in [7, 11) is 0. The highest BCUT2D eigenvalue weighted by atomic mass is 16.4. The first-order valence-electron chi connectivity index (χ1n) is 7.05. The fourth-order valence-corrected chi connectivity index (χ4v) is 2.64. The Balaban J connectivity index is 2.62. The van der Waals surface area contributed by atoms with Crippen LogP contribution < -0.4 is 5.32 Å². The quantitative estimate of drug-likeness (QED) is 0.742. The molecule has 1 unspecified atom stereocenters. The van der Waals surface area contributed by atoms with Crippen molar-refractivity contribution in [1.82, 2.24) is 5.32 Å². The van der Waals surface area contributed by atoms with Crippen LogP contribution in [0.25, 0.3) is 0 Å². The molecule has 4 heteroatoms. The SMILES string of the molecule is CCCC(C)(NC(=O)C1CCCCCC1)C(=O)O. The van der Waals surface area contributed by atoms with Crippen molar-refractivity contribution in [1.29, 1.82) is 0 Å². The second-order valence-electron chi connectivity index (χ2n) is 5.56. The molecule has 0 aromatic carbocycles. The van der Waals surface area contributed by atoms with Gasteiger partial charge in [0, 0.05) is 5.92 Å². The van der Waals surface area contributed by atoms with Gasteiger partial charge in [-0.05, 0) is 26.2 Å². The number of nitrogens with one attached hydrogen (secondary N) is 1. The number of amides is 1. The monoisotopic (exact) mass is 255 g/mol. The van der Waals surface area contributed by atoms with Crippen molar-refractivity contribution >= 4 is 11.9 Å². The van der Waals surface area contributed by atoms with Crippen molar-refractivity contribution in [3.05, 3.63) is 0 Å². The average molecular weight is 255 g/mol. The van der Waals surface area contributed by atoms with Gasteiger partial charge in [0.2, 0.25) is 5.91 Å². The molecule has 2 N–H and O–H groups in total. The minimum absolute atomic E-state index is 0.00281. The van der Waals surface area contributed by atoms with Crippen LogP contribution in [0, 0.1) is 5.92 Å². The molecule has 1 aliphatic carbocycles. The molecule has 1 rings (SSSR count). The third-order valence-corrected chi connectivity index (χ3v) is 3.85. The number of carboxylic acids is 1. The standard InChI is InChI=1S/C14H25NO3/c1-3-10-14(2,13(17)18)15-12(16)11-8-6-4-5-7-9-11/h11H,3-10H2,1-2H3,(H,15,16)(H,17,18). The van der Waals surface area contributed by atoms with E-state index in [2.05, 4.69) is 5.32 Å². The Hall–Kier alpha value is -1.06. The van der Waals surface area contributed by atoms with Crippen LogP contribution in [-0.2, 0) is 9.59 Å². The summed E-state index contributed by atoms with van der Waals surface area (Å²) in [6.07, 6.45) is 7.55. The third kappa shape index (κ3) is 4.00. The van der Waals surface area contributed by atoms with Crippen molar-refractivity contribution in [2.45, 2.75) is 70.8 Å². The number of carbonyl (C=O) groups is 2. The highest BCUT2D eigenvalue weighted by molar-refractivity contribution is 5.87. The van der Waals surface area contributed by atoms with Gasteiger partial charge in [0.15, 0.2) is 0 Å². The molecule has 1 amide bonds. The van der Waals surface area contributed by atoms with Crippen LogP contribution in [0.4, 0.5) is 0 Å². The average Bonchev–Trinajstić information content (AvgIpc) is 2.57. The van der Waals surface area contributed by atoms with Crippen LogP contribution in [0.5, 0.6) is 0 Å². The summed E-state index contributed by atoms with van der Waals surface area (Å²) in [6.45, 7) is 3.53. The number of carbonyl (C=O) groups excluding carboxylic acids is 1. The first-order chi connectivity index (χ1) is 8.49. The van der Waals surface area contributed by atoms with Gasteiger partial charge in [0.05, 0.1) is 0 Å². The van der Waals surface area contributed by atoms with Crippen LogP contribution in [0.15, 0.2) is 0 Å². The van der Waals surface area contributed by atoms with E-state index in [0.29, 0.717) is 6.42 Å². The molecule has 1 atom stereocenters. The van der Waals surface area contributed by atoms with E-state index in [1.165, 1.54) is 12.8 Å². The highest BCUT2D eigenvalue weighted by Gasteiger charge is 2.35. The van der Waals surface area contributed by atoms with Crippen molar-refractivity contribution in [2.75, 3.05) is 0 Å². The molecule has 1 saturated carbocycles. The van der Waals surface area contributed by atoms with Crippen molar-refractivity contribution in [3.63, 3.8) is 0 Å². The van der Waals surface area contributed by atoms with E-state index in [1.807, 2.05) is 6.92 Å². The minimum Gasteiger partial charge on any atom is -0.480 e. The van der Waals surface area contributed by atoms with E-state index in [-0.39, 0.29) is 11.8 Å². The van der Waals surface area contributed by atoms with E-state index >= 15 is 0 Å². The molecule has 0 heterocycles. The van der Waals surface area contributed by atoms with Crippen molar-refractivity contribution in [2.24, 2.45) is 5.92 Å². The largest absolute Gasteiger partial charge is 0.480 e. The van der Waals surface area contributed by atoms with E-state index in [9.17, 15) is 14.7 Å². The summed E-state index contributed by atoms with van der Waals surface area (Å²) < 4.78 is 0. The Morgan fingerprint density at radius 3 is 2.22 bits per heavy atom. The molecule has 104 valence electrons. The maximum Gasteiger partial charge on any atom is 0.329 e. The van der Waals surface area contributed by atoms with Gasteiger partial charge in [-0.1, -0.05) is 39.0 Å². The molecule has 0 spiro atoms. The van der Waals surface area contributed by atoms with Crippen molar-refractivity contribution in [3.8, 4) is 0 Å². The van der Waals surface area contributed by atoms with E-state index in [0.717, 1.165) is 32.1 Å². The molecule has 1 aliphatic rings. The van der Waals surface area contributed by atoms with Crippen molar-refractivity contribution < 1.29 is 14.7 Å². The molecular weight excluding hydrogens is 230 g/mol. The predicted octanol–water partition coefficient (Wildman–Crippen LogP) is 2.72. The summed E-state index contributed by atoms with van der Waals surface area (Å²) in [5.41, 5.74) is -1.11. The first-order valence-corrected chi connectivity index (χ1v) is 7.05. The third-order valence-electron chi connectivity index (χ3n) is 3.85. The lowest BCUT2D eigenvalue weighted by molar-refractivity contribution is -0.148. The lowest BCUT2D eigenvalue weighted by atomic mass is 9.93. The molecule has 18 heavy (non-hydrogen) atoms. The van der Waals surface area contributed by atoms with E-state index < -0.39 is 11.5 Å². The van der Waals surface area contributed by atoms with Crippen LogP contribution in [0.2, 0.25) is 0 Å². The predicted molar refractivity (Wildman–Crippen MR) is 70.3 cm³/mol. The Morgan fingerprint density at radius 2 is 1.78 bits per heavy atom. The van der Waals surface area contributed by atoms with Gasteiger partial charge in [0.25, 0.3) is 0 Å². The molecule has 0 saturated heterocycles. The van der Waals surface area contributed by atoms with Crippen LogP contribution in [0.3, 0.4) is 0 Å². The van der Waals surface area contributed by atoms with Gasteiger partial charge in [-0.15, -0.1) is 0 Å². The Bertz CT molecular complexity index is 295.